The maximum Gasteiger partial charge on any atom is 0.0467 e. The van der Waals surface area contributed by atoms with Gasteiger partial charge in [0.05, 0.1) is 0 Å². The molecule has 58 heavy (non-hydrogen) atoms. The lowest BCUT2D eigenvalue weighted by Gasteiger charge is -2.26. The minimum absolute atomic E-state index is 0.0728. The number of hydrogen-bond acceptors (Lipinski definition) is 1. The summed E-state index contributed by atoms with van der Waals surface area (Å²) >= 11 is 0. The summed E-state index contributed by atoms with van der Waals surface area (Å²) in [4.78, 5) is 2.36. The fourth-order valence-electron chi connectivity index (χ4n) is 8.93. The highest BCUT2D eigenvalue weighted by Crippen LogP contribution is 2.53. The Morgan fingerprint density at radius 1 is 0.276 bits per heavy atom. The molecule has 1 aliphatic carbocycles. The first-order valence-electron chi connectivity index (χ1n) is 20.2. The van der Waals surface area contributed by atoms with Gasteiger partial charge in [-0.15, -0.1) is 0 Å². The van der Waals surface area contributed by atoms with E-state index in [-0.39, 0.29) is 5.41 Å². The van der Waals surface area contributed by atoms with Crippen molar-refractivity contribution < 1.29 is 0 Å². The number of fused-ring (bicyclic) bond motifs is 3. The molecule has 0 bridgehead atoms. The maximum atomic E-state index is 2.41. The molecule has 9 aromatic carbocycles. The Kier molecular flexibility index (Phi) is 8.92. The Labute approximate surface area is 342 Å². The summed E-state index contributed by atoms with van der Waals surface area (Å²) in [5.41, 5.74) is 20.8. The number of hydrogen-bond donors (Lipinski definition) is 0. The van der Waals surface area contributed by atoms with Gasteiger partial charge < -0.3 is 4.90 Å². The number of rotatable bonds is 8. The van der Waals surface area contributed by atoms with E-state index in [0.29, 0.717) is 0 Å². The van der Waals surface area contributed by atoms with E-state index >= 15 is 0 Å². The quantitative estimate of drug-likeness (QED) is 0.150. The van der Waals surface area contributed by atoms with Crippen molar-refractivity contribution in [3.05, 3.63) is 236 Å². The van der Waals surface area contributed by atoms with Gasteiger partial charge in [-0.25, -0.2) is 0 Å². The van der Waals surface area contributed by atoms with Crippen LogP contribution in [0.3, 0.4) is 0 Å². The first kappa shape index (κ1) is 35.2. The van der Waals surface area contributed by atoms with E-state index in [2.05, 4.69) is 243 Å². The Morgan fingerprint density at radius 2 is 0.724 bits per heavy atom. The molecule has 9 aromatic rings. The van der Waals surface area contributed by atoms with E-state index in [9.17, 15) is 0 Å². The zero-order valence-corrected chi connectivity index (χ0v) is 32.8. The summed E-state index contributed by atoms with van der Waals surface area (Å²) < 4.78 is 0. The van der Waals surface area contributed by atoms with Gasteiger partial charge in [-0.1, -0.05) is 196 Å². The Hall–Kier alpha value is -7.22. The summed E-state index contributed by atoms with van der Waals surface area (Å²) in [7, 11) is 0. The van der Waals surface area contributed by atoms with Gasteiger partial charge in [0.15, 0.2) is 0 Å². The SMILES string of the molecule is CC1(C)c2ccccc2-c2c(-c3cc(-c4ccc(N(c5ccc(-c6ccccc6)cc5)c5cccc(-c6ccccc6)c5)cc4)ccc3-c3ccccc3)cccc21. The molecule has 1 nitrogen and oxygen atoms in total. The fourth-order valence-corrected chi connectivity index (χ4v) is 8.93. The van der Waals surface area contributed by atoms with Crippen LogP contribution in [0.2, 0.25) is 0 Å². The van der Waals surface area contributed by atoms with Gasteiger partial charge in [0, 0.05) is 22.5 Å². The summed E-state index contributed by atoms with van der Waals surface area (Å²) in [5, 5.41) is 0. The third-order valence-electron chi connectivity index (χ3n) is 11.9. The molecule has 0 amide bonds. The van der Waals surface area contributed by atoms with E-state index < -0.39 is 0 Å². The lowest BCUT2D eigenvalue weighted by atomic mass is 9.81. The molecular weight excluding hydrogens is 699 g/mol. The number of nitrogens with zero attached hydrogens (tertiary/aromatic N) is 1. The lowest BCUT2D eigenvalue weighted by Crippen LogP contribution is -2.14. The summed E-state index contributed by atoms with van der Waals surface area (Å²) in [6.45, 7) is 4.72. The van der Waals surface area contributed by atoms with E-state index in [1.807, 2.05) is 0 Å². The van der Waals surface area contributed by atoms with Gasteiger partial charge >= 0.3 is 0 Å². The van der Waals surface area contributed by atoms with E-state index in [4.69, 9.17) is 0 Å². The van der Waals surface area contributed by atoms with Gasteiger partial charge in [-0.3, -0.25) is 0 Å². The molecule has 0 atom stereocenters. The largest absolute Gasteiger partial charge is 0.310 e. The zero-order valence-electron chi connectivity index (χ0n) is 32.8. The third kappa shape index (κ3) is 6.32. The second-order valence-electron chi connectivity index (χ2n) is 15.7. The summed E-state index contributed by atoms with van der Waals surface area (Å²) in [6.07, 6.45) is 0. The van der Waals surface area contributed by atoms with Crippen LogP contribution in [0.1, 0.15) is 25.0 Å². The minimum Gasteiger partial charge on any atom is -0.310 e. The van der Waals surface area contributed by atoms with Crippen molar-refractivity contribution in [1.29, 1.82) is 0 Å². The van der Waals surface area contributed by atoms with Crippen LogP contribution in [0.5, 0.6) is 0 Å². The van der Waals surface area contributed by atoms with Crippen molar-refractivity contribution in [3.8, 4) is 66.8 Å². The molecule has 0 unspecified atom stereocenters. The first-order chi connectivity index (χ1) is 28.5. The lowest BCUT2D eigenvalue weighted by molar-refractivity contribution is 0.660. The smallest absolute Gasteiger partial charge is 0.0467 e. The predicted octanol–water partition coefficient (Wildman–Crippen LogP) is 15.8. The highest BCUT2D eigenvalue weighted by atomic mass is 15.1. The molecule has 0 radical (unpaired) electrons. The Balaban J connectivity index is 1.08. The van der Waals surface area contributed by atoms with E-state index in [0.717, 1.165) is 17.1 Å². The fraction of sp³-hybridized carbons (Fsp3) is 0.0526. The number of benzene rings is 9. The Morgan fingerprint density at radius 3 is 1.38 bits per heavy atom. The van der Waals surface area contributed by atoms with Crippen molar-refractivity contribution in [3.63, 3.8) is 0 Å². The molecule has 0 saturated heterocycles. The molecule has 10 rings (SSSR count). The molecule has 0 heterocycles. The van der Waals surface area contributed by atoms with Crippen LogP contribution < -0.4 is 4.90 Å². The van der Waals surface area contributed by atoms with Crippen LogP contribution in [-0.4, -0.2) is 0 Å². The average molecular weight is 742 g/mol. The van der Waals surface area contributed by atoms with Gasteiger partial charge in [0.2, 0.25) is 0 Å². The van der Waals surface area contributed by atoms with E-state index in [1.54, 1.807) is 0 Å². The van der Waals surface area contributed by atoms with Crippen LogP contribution in [0, 0.1) is 0 Å². The molecule has 1 aliphatic rings. The van der Waals surface area contributed by atoms with Crippen LogP contribution >= 0.6 is 0 Å². The molecule has 1 heteroatoms. The summed E-state index contributed by atoms with van der Waals surface area (Å²) in [5.74, 6) is 0. The van der Waals surface area contributed by atoms with Crippen molar-refractivity contribution in [1.82, 2.24) is 0 Å². The minimum atomic E-state index is -0.0728. The van der Waals surface area contributed by atoms with Crippen molar-refractivity contribution in [2.24, 2.45) is 0 Å². The van der Waals surface area contributed by atoms with Crippen molar-refractivity contribution in [2.75, 3.05) is 4.90 Å². The first-order valence-corrected chi connectivity index (χ1v) is 20.2. The van der Waals surface area contributed by atoms with Gasteiger partial charge in [0.25, 0.3) is 0 Å². The summed E-state index contributed by atoms with van der Waals surface area (Å²) in [6, 6.07) is 81.7. The second kappa shape index (κ2) is 14.7. The number of anilines is 3. The van der Waals surface area contributed by atoms with Gasteiger partial charge in [-0.2, -0.15) is 0 Å². The average Bonchev–Trinajstić information content (AvgIpc) is 3.53. The maximum absolute atomic E-state index is 2.41. The van der Waals surface area contributed by atoms with Gasteiger partial charge in [0.1, 0.15) is 0 Å². The highest BCUT2D eigenvalue weighted by molar-refractivity contribution is 5.98. The third-order valence-corrected chi connectivity index (χ3v) is 11.9. The monoisotopic (exact) mass is 741 g/mol. The zero-order chi connectivity index (χ0) is 39.1. The van der Waals surface area contributed by atoms with Gasteiger partial charge in [-0.05, 0) is 120 Å². The van der Waals surface area contributed by atoms with Crippen molar-refractivity contribution in [2.45, 2.75) is 19.3 Å². The highest BCUT2D eigenvalue weighted by Gasteiger charge is 2.36. The topological polar surface area (TPSA) is 3.24 Å². The molecule has 0 fully saturated rings. The predicted molar refractivity (Wildman–Crippen MR) is 246 cm³/mol. The second-order valence-corrected chi connectivity index (χ2v) is 15.7. The molecular formula is C57H43N. The molecule has 0 aromatic heterocycles. The van der Waals surface area contributed by atoms with Crippen LogP contribution in [-0.2, 0) is 5.41 Å². The van der Waals surface area contributed by atoms with Crippen molar-refractivity contribution >= 4 is 17.1 Å². The Bertz CT molecular complexity index is 2870. The van der Waals surface area contributed by atoms with Crippen LogP contribution in [0.15, 0.2) is 224 Å². The normalized spacial score (nSPS) is 12.4. The van der Waals surface area contributed by atoms with Crippen LogP contribution in [0.4, 0.5) is 17.1 Å². The molecule has 0 N–H and O–H groups in total. The molecule has 276 valence electrons. The molecule has 0 aliphatic heterocycles. The molecule has 0 spiro atoms. The standard InChI is InChI=1S/C57H43N/c1-57(2)54-26-13-12-24-52(54)56-51(25-15-27-55(56)57)53-39-46(32-37-50(53)44-20-10-5-11-21-44)43-30-35-48(36-31-43)58(47-33-28-42(29-34-47)40-16-6-3-7-17-40)49-23-14-22-45(38-49)41-18-8-4-9-19-41/h3-39H,1-2H3. The molecule has 0 saturated carbocycles. The van der Waals surface area contributed by atoms with Crippen LogP contribution in [0.25, 0.3) is 66.8 Å². The van der Waals surface area contributed by atoms with E-state index in [1.165, 1.54) is 77.9 Å².